The molecule has 1 heterocycles. The third-order valence-electron chi connectivity index (χ3n) is 5.25. The van der Waals surface area contributed by atoms with Crippen LogP contribution in [-0.4, -0.2) is 60.3 Å². The van der Waals surface area contributed by atoms with E-state index in [0.717, 1.165) is 42.5 Å². The Kier molecular flexibility index (Phi) is 6.01. The van der Waals surface area contributed by atoms with Crippen LogP contribution in [0.1, 0.15) is 47.0 Å². The van der Waals surface area contributed by atoms with E-state index in [2.05, 4.69) is 10.6 Å². The van der Waals surface area contributed by atoms with Gasteiger partial charge in [-0.3, -0.25) is 15.0 Å². The van der Waals surface area contributed by atoms with E-state index in [9.17, 15) is 14.4 Å². The number of carbonyl (C=O) groups excluding carboxylic acids is 2. The summed E-state index contributed by atoms with van der Waals surface area (Å²) in [7, 11) is 1.34. The van der Waals surface area contributed by atoms with Crippen LogP contribution in [0.2, 0.25) is 0 Å². The first kappa shape index (κ1) is 19.6. The lowest BCUT2D eigenvalue weighted by Crippen LogP contribution is -2.55. The Morgan fingerprint density at radius 2 is 2.04 bits per heavy atom. The molecule has 1 fully saturated rings. The van der Waals surface area contributed by atoms with Gasteiger partial charge in [-0.25, -0.2) is 9.59 Å². The number of thiophene rings is 1. The summed E-state index contributed by atoms with van der Waals surface area (Å²) >= 11 is 1.44. The molecule has 1 aromatic rings. The summed E-state index contributed by atoms with van der Waals surface area (Å²) in [5, 5.41) is 15.2. The van der Waals surface area contributed by atoms with Crippen LogP contribution in [0.25, 0.3) is 0 Å². The summed E-state index contributed by atoms with van der Waals surface area (Å²) < 4.78 is 4.88. The second kappa shape index (κ2) is 8.26. The van der Waals surface area contributed by atoms with E-state index < -0.39 is 11.9 Å². The van der Waals surface area contributed by atoms with Gasteiger partial charge in [-0.2, -0.15) is 0 Å². The zero-order valence-corrected chi connectivity index (χ0v) is 16.4. The lowest BCUT2D eigenvalue weighted by atomic mass is 9.85. The first-order valence-corrected chi connectivity index (χ1v) is 10.0. The number of aryl methyl sites for hydroxylation is 1. The minimum atomic E-state index is -0.841. The molecular formula is C18H25N3O5S. The monoisotopic (exact) mass is 395 g/mol. The topological polar surface area (TPSA) is 108 Å². The number of aliphatic carboxylic acids is 1. The van der Waals surface area contributed by atoms with Crippen molar-refractivity contribution in [1.29, 1.82) is 0 Å². The van der Waals surface area contributed by atoms with Crippen molar-refractivity contribution >= 4 is 34.3 Å². The highest BCUT2D eigenvalue weighted by molar-refractivity contribution is 7.17. The van der Waals surface area contributed by atoms with Crippen LogP contribution in [0.4, 0.5) is 9.80 Å². The molecule has 148 valence electrons. The number of amides is 2. The molecule has 9 heteroatoms. The quantitative estimate of drug-likeness (QED) is 0.610. The van der Waals surface area contributed by atoms with Crippen LogP contribution >= 0.6 is 11.3 Å². The second-order valence-corrected chi connectivity index (χ2v) is 8.04. The molecule has 0 radical (unpaired) electrons. The average molecular weight is 395 g/mol. The van der Waals surface area contributed by atoms with Crippen molar-refractivity contribution in [1.82, 2.24) is 10.2 Å². The molecule has 1 saturated carbocycles. The van der Waals surface area contributed by atoms with Crippen molar-refractivity contribution in [2.75, 3.05) is 25.5 Å². The average Bonchev–Trinajstić information content (AvgIpc) is 3.15. The van der Waals surface area contributed by atoms with E-state index >= 15 is 0 Å². The van der Waals surface area contributed by atoms with E-state index in [1.807, 2.05) is 11.8 Å². The predicted octanol–water partition coefficient (Wildman–Crippen LogP) is 2.08. The molecule has 0 atom stereocenters. The minimum Gasteiger partial charge on any atom is -0.480 e. The van der Waals surface area contributed by atoms with Gasteiger partial charge in [0.1, 0.15) is 5.00 Å². The highest BCUT2D eigenvalue weighted by Crippen LogP contribution is 2.39. The summed E-state index contributed by atoms with van der Waals surface area (Å²) in [6, 6.07) is -0.163. The van der Waals surface area contributed by atoms with E-state index in [4.69, 9.17) is 9.84 Å². The number of carboxylic acids is 1. The van der Waals surface area contributed by atoms with Gasteiger partial charge in [0.15, 0.2) is 0 Å². The molecule has 27 heavy (non-hydrogen) atoms. The zero-order valence-electron chi connectivity index (χ0n) is 15.5. The fraction of sp³-hybridized carbons (Fsp3) is 0.611. The van der Waals surface area contributed by atoms with Crippen LogP contribution in [-0.2, 0) is 22.4 Å². The maximum Gasteiger partial charge on any atom is 0.341 e. The summed E-state index contributed by atoms with van der Waals surface area (Å²) in [5.74, 6) is -1.26. The lowest BCUT2D eigenvalue weighted by molar-refractivity contribution is -0.139. The lowest BCUT2D eigenvalue weighted by Gasteiger charge is -2.42. The standard InChI is InChI=1S/C18H25N3O5S/c1-3-21(9-14(22)23)11-7-10(8-11)19-18(25)20-16-15(17(24)26-2)12-5-4-6-13(12)27-16/h10-11H,3-9H2,1-2H3,(H,22,23)(H2,19,20,25). The Bertz CT molecular complexity index is 742. The zero-order chi connectivity index (χ0) is 19.6. The maximum absolute atomic E-state index is 12.4. The van der Waals surface area contributed by atoms with Crippen molar-refractivity contribution in [2.24, 2.45) is 0 Å². The van der Waals surface area contributed by atoms with Crippen LogP contribution in [0.3, 0.4) is 0 Å². The van der Waals surface area contributed by atoms with Crippen molar-refractivity contribution in [3.8, 4) is 0 Å². The van der Waals surface area contributed by atoms with Crippen molar-refractivity contribution in [3.63, 3.8) is 0 Å². The van der Waals surface area contributed by atoms with Crippen molar-refractivity contribution in [3.05, 3.63) is 16.0 Å². The third-order valence-corrected chi connectivity index (χ3v) is 6.45. The van der Waals surface area contributed by atoms with Crippen molar-refractivity contribution in [2.45, 2.75) is 51.1 Å². The number of likely N-dealkylation sites (N-methyl/N-ethyl adjacent to an activating group) is 1. The summed E-state index contributed by atoms with van der Waals surface area (Å²) in [5.41, 5.74) is 1.48. The Morgan fingerprint density at radius 3 is 2.67 bits per heavy atom. The van der Waals surface area contributed by atoms with Gasteiger partial charge in [0.25, 0.3) is 0 Å². The Hall–Kier alpha value is -2.13. The molecule has 0 aliphatic heterocycles. The molecule has 0 spiro atoms. The number of fused-ring (bicyclic) bond motifs is 1. The molecule has 2 amide bonds. The van der Waals surface area contributed by atoms with E-state index in [1.54, 1.807) is 0 Å². The number of carbonyl (C=O) groups is 3. The molecular weight excluding hydrogens is 370 g/mol. The smallest absolute Gasteiger partial charge is 0.341 e. The molecule has 0 bridgehead atoms. The highest BCUT2D eigenvalue weighted by atomic mass is 32.1. The summed E-state index contributed by atoms with van der Waals surface area (Å²) in [6.45, 7) is 2.61. The number of esters is 1. The SMILES string of the molecule is CCN(CC(=O)O)C1CC(NC(=O)Nc2sc3c(c2C(=O)OC)CCC3)C1. The number of urea groups is 1. The van der Waals surface area contributed by atoms with E-state index in [1.165, 1.54) is 18.4 Å². The summed E-state index contributed by atoms with van der Waals surface area (Å²) in [6.07, 6.45) is 4.22. The van der Waals surface area contributed by atoms with E-state index in [0.29, 0.717) is 17.1 Å². The van der Waals surface area contributed by atoms with Gasteiger partial charge in [-0.05, 0) is 44.2 Å². The number of carboxylic acid groups (broad SMARTS) is 1. The van der Waals surface area contributed by atoms with Crippen LogP contribution < -0.4 is 10.6 Å². The molecule has 1 aromatic heterocycles. The number of hydrogen-bond acceptors (Lipinski definition) is 6. The van der Waals surface area contributed by atoms with Crippen LogP contribution in [0.5, 0.6) is 0 Å². The van der Waals surface area contributed by atoms with Crippen LogP contribution in [0.15, 0.2) is 0 Å². The Labute approximate surface area is 161 Å². The van der Waals surface area contributed by atoms with E-state index in [-0.39, 0.29) is 24.7 Å². The number of ether oxygens (including phenoxy) is 1. The molecule has 8 nitrogen and oxygen atoms in total. The number of hydrogen-bond donors (Lipinski definition) is 3. The number of rotatable bonds is 7. The van der Waals surface area contributed by atoms with Gasteiger partial charge < -0.3 is 15.2 Å². The molecule has 2 aliphatic carbocycles. The number of nitrogens with zero attached hydrogens (tertiary/aromatic N) is 1. The molecule has 2 aliphatic rings. The summed E-state index contributed by atoms with van der Waals surface area (Å²) in [4.78, 5) is 38.4. The Morgan fingerprint density at radius 1 is 1.30 bits per heavy atom. The normalized spacial score (nSPS) is 20.7. The number of anilines is 1. The Balaban J connectivity index is 1.55. The van der Waals surface area contributed by atoms with Gasteiger partial charge in [0.2, 0.25) is 0 Å². The molecule has 3 N–H and O–H groups in total. The molecule has 0 unspecified atom stereocenters. The molecule has 0 saturated heterocycles. The molecule has 0 aromatic carbocycles. The fourth-order valence-electron chi connectivity index (χ4n) is 3.81. The largest absolute Gasteiger partial charge is 0.480 e. The predicted molar refractivity (Wildman–Crippen MR) is 102 cm³/mol. The van der Waals surface area contributed by atoms with Gasteiger partial charge in [0, 0.05) is 17.0 Å². The minimum absolute atomic E-state index is 0.00577. The highest BCUT2D eigenvalue weighted by Gasteiger charge is 2.35. The van der Waals surface area contributed by atoms with Gasteiger partial charge in [-0.15, -0.1) is 11.3 Å². The number of methoxy groups -OCH3 is 1. The first-order valence-electron chi connectivity index (χ1n) is 9.19. The van der Waals surface area contributed by atoms with Gasteiger partial charge in [0.05, 0.1) is 19.2 Å². The second-order valence-electron chi connectivity index (χ2n) is 6.93. The fourth-order valence-corrected chi connectivity index (χ4v) is 5.08. The van der Waals surface area contributed by atoms with Gasteiger partial charge in [-0.1, -0.05) is 6.92 Å². The van der Waals surface area contributed by atoms with Crippen LogP contribution in [0, 0.1) is 0 Å². The maximum atomic E-state index is 12.4. The molecule has 3 rings (SSSR count). The first-order chi connectivity index (χ1) is 12.9. The third kappa shape index (κ3) is 4.24. The van der Waals surface area contributed by atoms with Gasteiger partial charge >= 0.3 is 18.0 Å². The van der Waals surface area contributed by atoms with Crippen molar-refractivity contribution < 1.29 is 24.2 Å². The number of nitrogens with one attached hydrogen (secondary N) is 2.